The molecule has 34 heavy (non-hydrogen) atoms. The zero-order valence-corrected chi connectivity index (χ0v) is 19.1. The Morgan fingerprint density at radius 3 is 2.32 bits per heavy atom. The lowest BCUT2D eigenvalue weighted by Gasteiger charge is -2.35. The molecule has 1 amide bonds. The number of halogens is 4. The zero-order valence-electron chi connectivity index (χ0n) is 18.4. The van der Waals surface area contributed by atoms with Crippen LogP contribution in [0.5, 0.6) is 5.75 Å². The van der Waals surface area contributed by atoms with E-state index in [9.17, 15) is 18.0 Å². The van der Waals surface area contributed by atoms with Crippen molar-refractivity contribution in [3.05, 3.63) is 100 Å². The van der Waals surface area contributed by atoms with Crippen molar-refractivity contribution >= 4 is 17.5 Å². The van der Waals surface area contributed by atoms with Gasteiger partial charge in [-0.1, -0.05) is 48.0 Å². The van der Waals surface area contributed by atoms with E-state index >= 15 is 0 Å². The summed E-state index contributed by atoms with van der Waals surface area (Å²) in [7, 11) is 0. The van der Waals surface area contributed by atoms with Crippen LogP contribution in [-0.4, -0.2) is 41.9 Å². The lowest BCUT2D eigenvalue weighted by atomic mass is 10.1. The summed E-state index contributed by atoms with van der Waals surface area (Å²) in [6, 6.07) is 19.9. The first-order chi connectivity index (χ1) is 16.3. The van der Waals surface area contributed by atoms with Gasteiger partial charge >= 0.3 is 6.18 Å². The summed E-state index contributed by atoms with van der Waals surface area (Å²) in [5, 5.41) is 0.591. The Labute approximate surface area is 201 Å². The Morgan fingerprint density at radius 2 is 1.59 bits per heavy atom. The third-order valence-electron chi connectivity index (χ3n) is 5.70. The van der Waals surface area contributed by atoms with E-state index in [0.29, 0.717) is 61.2 Å². The molecule has 0 radical (unpaired) electrons. The molecule has 3 aromatic rings. The molecule has 3 aromatic carbocycles. The van der Waals surface area contributed by atoms with Gasteiger partial charge in [-0.2, -0.15) is 13.2 Å². The number of piperazine rings is 1. The number of rotatable bonds is 6. The molecule has 0 unspecified atom stereocenters. The molecule has 1 saturated heterocycles. The quantitative estimate of drug-likeness (QED) is 0.433. The second-order valence-corrected chi connectivity index (χ2v) is 8.65. The van der Waals surface area contributed by atoms with Gasteiger partial charge in [-0.3, -0.25) is 9.69 Å². The van der Waals surface area contributed by atoms with Crippen molar-refractivity contribution in [1.82, 2.24) is 9.80 Å². The number of nitrogens with zero attached hydrogens (tertiary/aromatic N) is 2. The van der Waals surface area contributed by atoms with Gasteiger partial charge < -0.3 is 9.64 Å². The summed E-state index contributed by atoms with van der Waals surface area (Å²) in [4.78, 5) is 16.9. The zero-order chi connectivity index (χ0) is 24.1. The molecule has 178 valence electrons. The predicted octanol–water partition coefficient (Wildman–Crippen LogP) is 5.90. The minimum atomic E-state index is -4.35. The number of ether oxygens (including phenoxy) is 1. The molecule has 4 rings (SSSR count). The van der Waals surface area contributed by atoms with Crippen LogP contribution in [0, 0.1) is 0 Å². The summed E-state index contributed by atoms with van der Waals surface area (Å²) in [5.74, 6) is 0.587. The van der Waals surface area contributed by atoms with E-state index < -0.39 is 11.7 Å². The SMILES string of the molecule is O=C(c1cccc(COc2cccc(Cl)c2)c1)N1CCN(Cc2cccc(C(F)(F)F)c2)CC1. The van der Waals surface area contributed by atoms with E-state index in [0.717, 1.165) is 11.6 Å². The van der Waals surface area contributed by atoms with Gasteiger partial charge in [0.1, 0.15) is 12.4 Å². The molecule has 0 saturated carbocycles. The third kappa shape index (κ3) is 6.30. The fourth-order valence-electron chi connectivity index (χ4n) is 3.91. The maximum absolute atomic E-state index is 13.0. The number of alkyl halides is 3. The highest BCUT2D eigenvalue weighted by Crippen LogP contribution is 2.30. The van der Waals surface area contributed by atoms with E-state index in [1.165, 1.54) is 12.1 Å². The average Bonchev–Trinajstić information content (AvgIpc) is 2.83. The van der Waals surface area contributed by atoms with E-state index in [2.05, 4.69) is 4.90 Å². The van der Waals surface area contributed by atoms with Crippen LogP contribution >= 0.6 is 11.6 Å². The highest BCUT2D eigenvalue weighted by atomic mass is 35.5. The maximum Gasteiger partial charge on any atom is 0.416 e. The highest BCUT2D eigenvalue weighted by molar-refractivity contribution is 6.30. The number of hydrogen-bond acceptors (Lipinski definition) is 3. The molecule has 0 aromatic heterocycles. The van der Waals surface area contributed by atoms with Gasteiger partial charge in [0.15, 0.2) is 0 Å². The molecular weight excluding hydrogens is 465 g/mol. The van der Waals surface area contributed by atoms with Crippen molar-refractivity contribution in [1.29, 1.82) is 0 Å². The van der Waals surface area contributed by atoms with Crippen molar-refractivity contribution in [2.75, 3.05) is 26.2 Å². The number of amides is 1. The van der Waals surface area contributed by atoms with Crippen LogP contribution in [0.3, 0.4) is 0 Å². The summed E-state index contributed by atoms with van der Waals surface area (Å²) < 4.78 is 44.6. The van der Waals surface area contributed by atoms with Crippen LogP contribution in [0.4, 0.5) is 13.2 Å². The van der Waals surface area contributed by atoms with E-state index in [4.69, 9.17) is 16.3 Å². The van der Waals surface area contributed by atoms with E-state index in [1.807, 2.05) is 30.3 Å². The summed E-state index contributed by atoms with van der Waals surface area (Å²) in [5.41, 5.74) is 1.42. The lowest BCUT2D eigenvalue weighted by molar-refractivity contribution is -0.137. The molecule has 1 aliphatic heterocycles. The molecule has 0 N–H and O–H groups in total. The van der Waals surface area contributed by atoms with Gasteiger partial charge in [0.25, 0.3) is 5.91 Å². The Kier molecular flexibility index (Phi) is 7.44. The summed E-state index contributed by atoms with van der Waals surface area (Å²) in [6.45, 7) is 2.95. The van der Waals surface area contributed by atoms with Gasteiger partial charge in [-0.05, 0) is 47.5 Å². The van der Waals surface area contributed by atoms with Crippen LogP contribution in [-0.2, 0) is 19.3 Å². The molecule has 1 aliphatic rings. The first-order valence-corrected chi connectivity index (χ1v) is 11.3. The lowest BCUT2D eigenvalue weighted by Crippen LogP contribution is -2.48. The predicted molar refractivity (Wildman–Crippen MR) is 125 cm³/mol. The molecule has 1 fully saturated rings. The fraction of sp³-hybridized carbons (Fsp3) is 0.269. The Bertz CT molecular complexity index is 1140. The number of carbonyl (C=O) groups is 1. The second kappa shape index (κ2) is 10.5. The second-order valence-electron chi connectivity index (χ2n) is 8.21. The van der Waals surface area contributed by atoms with Crippen molar-refractivity contribution in [3.8, 4) is 5.75 Å². The summed E-state index contributed by atoms with van der Waals surface area (Å²) in [6.07, 6.45) is -4.35. The van der Waals surface area contributed by atoms with Gasteiger partial charge in [0.05, 0.1) is 5.56 Å². The van der Waals surface area contributed by atoms with Crippen molar-refractivity contribution in [2.24, 2.45) is 0 Å². The van der Waals surface area contributed by atoms with Crippen LogP contribution in [0.2, 0.25) is 5.02 Å². The van der Waals surface area contributed by atoms with E-state index in [-0.39, 0.29) is 5.91 Å². The van der Waals surface area contributed by atoms with Crippen molar-refractivity contribution in [3.63, 3.8) is 0 Å². The molecule has 0 aliphatic carbocycles. The monoisotopic (exact) mass is 488 g/mol. The fourth-order valence-corrected chi connectivity index (χ4v) is 4.09. The molecule has 0 atom stereocenters. The first-order valence-electron chi connectivity index (χ1n) is 10.9. The topological polar surface area (TPSA) is 32.8 Å². The summed E-state index contributed by atoms with van der Waals surface area (Å²) >= 11 is 5.98. The van der Waals surface area contributed by atoms with Gasteiger partial charge in [0, 0.05) is 43.3 Å². The van der Waals surface area contributed by atoms with Gasteiger partial charge in [0.2, 0.25) is 0 Å². The largest absolute Gasteiger partial charge is 0.489 e. The Hall–Kier alpha value is -3.03. The van der Waals surface area contributed by atoms with Gasteiger partial charge in [-0.15, -0.1) is 0 Å². The Morgan fingerprint density at radius 1 is 0.882 bits per heavy atom. The van der Waals surface area contributed by atoms with Crippen LogP contribution < -0.4 is 4.74 Å². The molecule has 0 bridgehead atoms. The Balaban J connectivity index is 1.31. The molecule has 1 heterocycles. The average molecular weight is 489 g/mol. The maximum atomic E-state index is 13.0. The van der Waals surface area contributed by atoms with Crippen molar-refractivity contribution < 1.29 is 22.7 Å². The highest BCUT2D eigenvalue weighted by Gasteiger charge is 2.30. The minimum Gasteiger partial charge on any atom is -0.489 e. The van der Waals surface area contributed by atoms with Crippen LogP contribution in [0.25, 0.3) is 0 Å². The third-order valence-corrected chi connectivity index (χ3v) is 5.93. The van der Waals surface area contributed by atoms with Gasteiger partial charge in [-0.25, -0.2) is 0 Å². The molecule has 0 spiro atoms. The molecule has 4 nitrogen and oxygen atoms in total. The number of benzene rings is 3. The van der Waals surface area contributed by atoms with Crippen LogP contribution in [0.1, 0.15) is 27.0 Å². The number of carbonyl (C=O) groups excluding carboxylic acids is 1. The normalized spacial score (nSPS) is 14.8. The van der Waals surface area contributed by atoms with E-state index in [1.54, 1.807) is 29.2 Å². The first kappa shape index (κ1) is 24.1. The van der Waals surface area contributed by atoms with Crippen LogP contribution in [0.15, 0.2) is 72.8 Å². The number of hydrogen-bond donors (Lipinski definition) is 0. The minimum absolute atomic E-state index is 0.0664. The standard InChI is InChI=1S/C26H24ClF3N2O2/c27-23-8-3-9-24(16-23)34-18-20-5-1-6-21(14-20)25(33)32-12-10-31(11-13-32)17-19-4-2-7-22(15-19)26(28,29)30/h1-9,14-16H,10-13,17-18H2. The smallest absolute Gasteiger partial charge is 0.416 e. The molecular formula is C26H24ClF3N2O2. The van der Waals surface area contributed by atoms with Crippen molar-refractivity contribution in [2.45, 2.75) is 19.3 Å². The molecule has 8 heteroatoms.